The summed E-state index contributed by atoms with van der Waals surface area (Å²) in [5, 5.41) is 9.78. The van der Waals surface area contributed by atoms with Crippen molar-refractivity contribution in [2.75, 3.05) is 6.61 Å². The van der Waals surface area contributed by atoms with Crippen molar-refractivity contribution in [1.29, 1.82) is 0 Å². The molecule has 2 aromatic rings. The Morgan fingerprint density at radius 1 is 1.09 bits per heavy atom. The van der Waals surface area contributed by atoms with E-state index in [0.29, 0.717) is 5.75 Å². The maximum absolute atomic E-state index is 12.1. The van der Waals surface area contributed by atoms with Crippen LogP contribution in [-0.4, -0.2) is 28.4 Å². The standard InChI is InChI=1S/C17H17NO5/c1-2-22-16(21)11-9-14(20)17-13(19)8-10-15(18-17)23-12-6-4-3-5-7-12/h3-8,10,19H,2,9,11H2,1H3. The minimum absolute atomic E-state index is 0.0580. The number of nitrogens with zero attached hydrogens (tertiary/aromatic N) is 1. The minimum atomic E-state index is -0.461. The molecule has 0 radical (unpaired) electrons. The van der Waals surface area contributed by atoms with Gasteiger partial charge in [0.1, 0.15) is 11.5 Å². The summed E-state index contributed by atoms with van der Waals surface area (Å²) in [5.74, 6) is -0.408. The Balaban J connectivity index is 2.07. The molecular formula is C17H17NO5. The lowest BCUT2D eigenvalue weighted by atomic mass is 10.1. The van der Waals surface area contributed by atoms with Gasteiger partial charge in [-0.15, -0.1) is 0 Å². The van der Waals surface area contributed by atoms with E-state index in [1.54, 1.807) is 31.2 Å². The first-order valence-electron chi connectivity index (χ1n) is 7.22. The number of aromatic nitrogens is 1. The van der Waals surface area contributed by atoms with Crippen molar-refractivity contribution in [2.24, 2.45) is 0 Å². The number of pyridine rings is 1. The Morgan fingerprint density at radius 2 is 1.83 bits per heavy atom. The van der Waals surface area contributed by atoms with E-state index in [4.69, 9.17) is 9.47 Å². The van der Waals surface area contributed by atoms with Gasteiger partial charge in [-0.1, -0.05) is 18.2 Å². The largest absolute Gasteiger partial charge is 0.506 e. The van der Waals surface area contributed by atoms with Gasteiger partial charge in [-0.3, -0.25) is 9.59 Å². The fourth-order valence-corrected chi connectivity index (χ4v) is 1.87. The Labute approximate surface area is 133 Å². The molecule has 0 amide bonds. The van der Waals surface area contributed by atoms with E-state index < -0.39 is 11.8 Å². The summed E-state index contributed by atoms with van der Waals surface area (Å²) in [6, 6.07) is 11.8. The van der Waals surface area contributed by atoms with Gasteiger partial charge in [-0.2, -0.15) is 0 Å². The second-order valence-corrected chi connectivity index (χ2v) is 4.66. The number of carbonyl (C=O) groups is 2. The number of carbonyl (C=O) groups excluding carboxylic acids is 2. The highest BCUT2D eigenvalue weighted by Gasteiger charge is 2.16. The first-order chi connectivity index (χ1) is 11.1. The first kappa shape index (κ1) is 16.5. The molecule has 1 heterocycles. The van der Waals surface area contributed by atoms with Crippen LogP contribution in [-0.2, 0) is 9.53 Å². The van der Waals surface area contributed by atoms with Gasteiger partial charge in [0.25, 0.3) is 0 Å². The number of hydrogen-bond acceptors (Lipinski definition) is 6. The van der Waals surface area contributed by atoms with Crippen LogP contribution in [0.2, 0.25) is 0 Å². The van der Waals surface area contributed by atoms with Crippen LogP contribution in [0.4, 0.5) is 0 Å². The van der Waals surface area contributed by atoms with E-state index in [9.17, 15) is 14.7 Å². The fraction of sp³-hybridized carbons (Fsp3) is 0.235. The van der Waals surface area contributed by atoms with E-state index in [2.05, 4.69) is 4.98 Å². The lowest BCUT2D eigenvalue weighted by molar-refractivity contribution is -0.143. The summed E-state index contributed by atoms with van der Waals surface area (Å²) < 4.78 is 10.3. The normalized spacial score (nSPS) is 10.1. The van der Waals surface area contributed by atoms with E-state index >= 15 is 0 Å². The fourth-order valence-electron chi connectivity index (χ4n) is 1.87. The molecule has 1 aromatic carbocycles. The zero-order valence-corrected chi connectivity index (χ0v) is 12.7. The highest BCUT2D eigenvalue weighted by atomic mass is 16.5. The van der Waals surface area contributed by atoms with Gasteiger partial charge in [0.15, 0.2) is 11.5 Å². The molecular weight excluding hydrogens is 298 g/mol. The third-order valence-corrected chi connectivity index (χ3v) is 2.94. The molecule has 0 aliphatic carbocycles. The molecule has 0 aliphatic rings. The number of ether oxygens (including phenoxy) is 2. The first-order valence-corrected chi connectivity index (χ1v) is 7.22. The maximum atomic E-state index is 12.1. The molecule has 6 nitrogen and oxygen atoms in total. The molecule has 0 saturated carbocycles. The Bertz CT molecular complexity index is 685. The maximum Gasteiger partial charge on any atom is 0.306 e. The number of ketones is 1. The van der Waals surface area contributed by atoms with Crippen LogP contribution in [0.25, 0.3) is 0 Å². The van der Waals surface area contributed by atoms with Crippen LogP contribution in [0.15, 0.2) is 42.5 Å². The summed E-state index contributed by atoms with van der Waals surface area (Å²) in [6.45, 7) is 1.95. The van der Waals surface area contributed by atoms with E-state index in [-0.39, 0.29) is 36.8 Å². The number of aromatic hydroxyl groups is 1. The molecule has 1 N–H and O–H groups in total. The number of rotatable bonds is 7. The van der Waals surface area contributed by atoms with Gasteiger partial charge in [-0.25, -0.2) is 4.98 Å². The third kappa shape index (κ3) is 4.81. The zero-order chi connectivity index (χ0) is 16.7. The summed E-state index contributed by atoms with van der Waals surface area (Å²) in [5.41, 5.74) is -0.122. The predicted molar refractivity (Wildman–Crippen MR) is 82.6 cm³/mol. The molecule has 23 heavy (non-hydrogen) atoms. The topological polar surface area (TPSA) is 85.7 Å². The van der Waals surface area contributed by atoms with Crippen molar-refractivity contribution in [3.63, 3.8) is 0 Å². The molecule has 6 heteroatoms. The van der Waals surface area contributed by atoms with Crippen LogP contribution in [0.5, 0.6) is 17.4 Å². The van der Waals surface area contributed by atoms with Crippen molar-refractivity contribution < 1.29 is 24.2 Å². The van der Waals surface area contributed by atoms with Gasteiger partial charge >= 0.3 is 5.97 Å². The summed E-state index contributed by atoms with van der Waals surface area (Å²) in [4.78, 5) is 27.4. The second kappa shape index (κ2) is 7.93. The summed E-state index contributed by atoms with van der Waals surface area (Å²) in [7, 11) is 0. The van der Waals surface area contributed by atoms with Gasteiger partial charge in [0.05, 0.1) is 13.0 Å². The van der Waals surface area contributed by atoms with Crippen molar-refractivity contribution in [1.82, 2.24) is 4.98 Å². The van der Waals surface area contributed by atoms with E-state index in [0.717, 1.165) is 0 Å². The SMILES string of the molecule is CCOC(=O)CCC(=O)c1nc(Oc2ccccc2)ccc1O. The van der Waals surface area contributed by atoms with Crippen molar-refractivity contribution >= 4 is 11.8 Å². The average Bonchev–Trinajstić information content (AvgIpc) is 2.55. The molecule has 120 valence electrons. The van der Waals surface area contributed by atoms with Crippen LogP contribution in [0, 0.1) is 0 Å². The van der Waals surface area contributed by atoms with Gasteiger partial charge in [0.2, 0.25) is 5.88 Å². The predicted octanol–water partition coefficient (Wildman–Crippen LogP) is 3.11. The van der Waals surface area contributed by atoms with Crippen LogP contribution in [0.1, 0.15) is 30.3 Å². The number of para-hydroxylation sites is 1. The monoisotopic (exact) mass is 315 g/mol. The Kier molecular flexibility index (Phi) is 5.68. The quantitative estimate of drug-likeness (QED) is 0.624. The highest BCUT2D eigenvalue weighted by Crippen LogP contribution is 2.24. The highest BCUT2D eigenvalue weighted by molar-refractivity contribution is 5.98. The number of esters is 1. The van der Waals surface area contributed by atoms with E-state index in [1.165, 1.54) is 12.1 Å². The molecule has 2 rings (SSSR count). The molecule has 0 unspecified atom stereocenters. The molecule has 0 atom stereocenters. The second-order valence-electron chi connectivity index (χ2n) is 4.66. The van der Waals surface area contributed by atoms with Crippen molar-refractivity contribution in [3.05, 3.63) is 48.2 Å². The van der Waals surface area contributed by atoms with E-state index in [1.807, 2.05) is 6.07 Å². The molecule has 0 saturated heterocycles. The number of hydrogen-bond donors (Lipinski definition) is 1. The lowest BCUT2D eigenvalue weighted by Gasteiger charge is -2.08. The number of Topliss-reactive ketones (excluding diaryl/α,β-unsaturated/α-hetero) is 1. The lowest BCUT2D eigenvalue weighted by Crippen LogP contribution is -2.09. The summed E-state index contributed by atoms with van der Waals surface area (Å²) in [6.07, 6.45) is -0.147. The third-order valence-electron chi connectivity index (χ3n) is 2.94. The molecule has 0 aliphatic heterocycles. The van der Waals surface area contributed by atoms with Crippen molar-refractivity contribution in [3.8, 4) is 17.4 Å². The summed E-state index contributed by atoms with van der Waals surface area (Å²) >= 11 is 0. The molecule has 0 bridgehead atoms. The molecule has 0 fully saturated rings. The molecule has 1 aromatic heterocycles. The van der Waals surface area contributed by atoms with Gasteiger partial charge in [0, 0.05) is 12.5 Å². The van der Waals surface area contributed by atoms with Crippen molar-refractivity contribution in [2.45, 2.75) is 19.8 Å². The zero-order valence-electron chi connectivity index (χ0n) is 12.7. The number of benzene rings is 1. The van der Waals surface area contributed by atoms with Gasteiger partial charge in [-0.05, 0) is 25.1 Å². The Morgan fingerprint density at radius 3 is 2.52 bits per heavy atom. The van der Waals surface area contributed by atoms with Gasteiger partial charge < -0.3 is 14.6 Å². The Hall–Kier alpha value is -2.89. The minimum Gasteiger partial charge on any atom is -0.506 e. The van der Waals surface area contributed by atoms with Crippen LogP contribution in [0.3, 0.4) is 0 Å². The average molecular weight is 315 g/mol. The van der Waals surface area contributed by atoms with Crippen LogP contribution >= 0.6 is 0 Å². The molecule has 0 spiro atoms. The smallest absolute Gasteiger partial charge is 0.306 e. The van der Waals surface area contributed by atoms with Crippen LogP contribution < -0.4 is 4.74 Å².